The number of nitrogens with zero attached hydrogens (tertiary/aromatic N) is 3. The SMILES string of the molecule is N[C@@](Cc1ccccc1)(c1cc(F)cc(C(F)(F)F)c1)c1ccc(Cl)cn1.O=C(N[C@@](Cc1ccccc1)(c1cc(F)cc(C(F)(F)F)c1)c1ccc(Cl)cn1)N1CCC(F)(F)C1. The van der Waals surface area contributed by atoms with Crippen LogP contribution in [0.1, 0.15) is 51.2 Å². The molecule has 63 heavy (non-hydrogen) atoms. The molecule has 2 aromatic heterocycles. The van der Waals surface area contributed by atoms with Crippen molar-refractivity contribution in [1.82, 2.24) is 20.2 Å². The first kappa shape index (κ1) is 46.8. The van der Waals surface area contributed by atoms with Crippen molar-refractivity contribution in [2.45, 2.75) is 48.6 Å². The minimum atomic E-state index is -4.89. The largest absolute Gasteiger partial charge is 0.416 e. The number of amides is 2. The molecule has 0 spiro atoms. The molecule has 1 saturated heterocycles. The average molecular weight is 923 g/mol. The molecule has 330 valence electrons. The number of hydrogen-bond acceptors (Lipinski definition) is 4. The van der Waals surface area contributed by atoms with E-state index in [1.165, 1.54) is 30.6 Å². The minimum Gasteiger partial charge on any atom is -0.322 e. The highest BCUT2D eigenvalue weighted by atomic mass is 35.5. The van der Waals surface area contributed by atoms with Gasteiger partial charge in [-0.2, -0.15) is 26.3 Å². The summed E-state index contributed by atoms with van der Waals surface area (Å²) >= 11 is 11.8. The standard InChI is InChI=1S/C25H20ClF6N3O.C20H15ClF4N2/c26-19-6-7-21(33-14-19)24(13-16-4-2-1-3-5-16,34-22(36)35-9-8-23(28,29)15-35)17-10-18(25(30,31)32)12-20(27)11-17;21-16-6-7-18(27-12-16)19(26,11-13-4-2-1-3-5-13)14-8-15(20(23,24)25)10-17(22)9-14/h1-7,10-12,14H,8-9,13,15H2,(H,34,36);1-10,12H,11,26H2/t24-;19-/m00/s1. The van der Waals surface area contributed by atoms with Crippen molar-refractivity contribution in [2.75, 3.05) is 13.1 Å². The molecule has 3 N–H and O–H groups in total. The van der Waals surface area contributed by atoms with Gasteiger partial charge in [0.1, 0.15) is 17.2 Å². The molecule has 6 nitrogen and oxygen atoms in total. The van der Waals surface area contributed by atoms with E-state index in [0.717, 1.165) is 34.7 Å². The summed E-state index contributed by atoms with van der Waals surface area (Å²) in [4.78, 5) is 22.5. The third-order valence-electron chi connectivity index (χ3n) is 10.2. The number of carbonyl (C=O) groups is 1. The van der Waals surface area contributed by atoms with Crippen LogP contribution in [-0.4, -0.2) is 39.9 Å². The van der Waals surface area contributed by atoms with Crippen molar-refractivity contribution in [1.29, 1.82) is 0 Å². The molecule has 1 fully saturated rings. The smallest absolute Gasteiger partial charge is 0.322 e. The number of nitrogens with two attached hydrogens (primary N) is 1. The Morgan fingerprint density at radius 2 is 1.11 bits per heavy atom. The second-order valence-corrected chi connectivity index (χ2v) is 15.7. The Bertz CT molecular complexity index is 2510. The van der Waals surface area contributed by atoms with Crippen molar-refractivity contribution >= 4 is 29.2 Å². The number of nitrogens with one attached hydrogen (secondary N) is 1. The van der Waals surface area contributed by atoms with E-state index in [4.69, 9.17) is 28.9 Å². The van der Waals surface area contributed by atoms with Crippen molar-refractivity contribution in [3.63, 3.8) is 0 Å². The van der Waals surface area contributed by atoms with Crippen LogP contribution < -0.4 is 11.1 Å². The summed E-state index contributed by atoms with van der Waals surface area (Å²) in [6.45, 7) is -1.11. The molecular formula is C45H35Cl2F10N5O. The van der Waals surface area contributed by atoms with E-state index in [2.05, 4.69) is 15.3 Å². The van der Waals surface area contributed by atoms with Crippen molar-refractivity contribution in [3.8, 4) is 0 Å². The monoisotopic (exact) mass is 921 g/mol. The summed E-state index contributed by atoms with van der Waals surface area (Å²) in [5.41, 5.74) is 2.25. The fourth-order valence-electron chi connectivity index (χ4n) is 7.13. The lowest BCUT2D eigenvalue weighted by atomic mass is 9.79. The zero-order valence-electron chi connectivity index (χ0n) is 32.6. The Kier molecular flexibility index (Phi) is 13.8. The number of likely N-dealkylation sites (tertiary alicyclic amines) is 1. The van der Waals surface area contributed by atoms with Gasteiger partial charge in [0.05, 0.1) is 44.6 Å². The summed E-state index contributed by atoms with van der Waals surface area (Å²) in [7, 11) is 0. The molecule has 0 saturated carbocycles. The Morgan fingerprint density at radius 1 is 0.651 bits per heavy atom. The maximum absolute atomic E-state index is 14.6. The number of benzene rings is 4. The Morgan fingerprint density at radius 3 is 1.57 bits per heavy atom. The summed E-state index contributed by atoms with van der Waals surface area (Å²) < 4.78 is 137. The van der Waals surface area contributed by atoms with E-state index in [-0.39, 0.29) is 46.9 Å². The summed E-state index contributed by atoms with van der Waals surface area (Å²) in [5, 5.41) is 3.20. The molecule has 4 aromatic carbocycles. The van der Waals surface area contributed by atoms with Crippen molar-refractivity contribution < 1.29 is 48.7 Å². The van der Waals surface area contributed by atoms with Crippen LogP contribution in [0.25, 0.3) is 0 Å². The van der Waals surface area contributed by atoms with Crippen LogP contribution in [0.2, 0.25) is 10.0 Å². The third-order valence-corrected chi connectivity index (χ3v) is 10.7. The van der Waals surface area contributed by atoms with Crippen LogP contribution in [0.15, 0.2) is 134 Å². The second-order valence-electron chi connectivity index (χ2n) is 14.8. The Labute approximate surface area is 364 Å². The van der Waals surface area contributed by atoms with Gasteiger partial charge in [-0.3, -0.25) is 9.97 Å². The molecule has 2 atom stereocenters. The number of pyridine rings is 2. The summed E-state index contributed by atoms with van der Waals surface area (Å²) in [6, 6.07) is 26.6. The number of rotatable bonds is 9. The van der Waals surface area contributed by atoms with E-state index in [0.29, 0.717) is 22.7 Å². The quantitative estimate of drug-likeness (QED) is 0.142. The molecule has 1 aliphatic heterocycles. The van der Waals surface area contributed by atoms with Crippen molar-refractivity contribution in [3.05, 3.63) is 200 Å². The molecule has 3 heterocycles. The van der Waals surface area contributed by atoms with Crippen LogP contribution in [0.5, 0.6) is 0 Å². The van der Waals surface area contributed by atoms with Crippen LogP contribution in [0, 0.1) is 11.6 Å². The van der Waals surface area contributed by atoms with Crippen LogP contribution in [0.4, 0.5) is 48.7 Å². The molecule has 0 unspecified atom stereocenters. The topological polar surface area (TPSA) is 84.1 Å². The summed E-state index contributed by atoms with van der Waals surface area (Å²) in [5.74, 6) is -5.30. The van der Waals surface area contributed by atoms with Gasteiger partial charge >= 0.3 is 18.4 Å². The molecule has 6 aromatic rings. The first-order valence-electron chi connectivity index (χ1n) is 18.9. The zero-order chi connectivity index (χ0) is 45.8. The van der Waals surface area contributed by atoms with E-state index >= 15 is 0 Å². The van der Waals surface area contributed by atoms with Gasteiger partial charge in [0.15, 0.2) is 0 Å². The van der Waals surface area contributed by atoms with Crippen LogP contribution in [-0.2, 0) is 36.3 Å². The molecular weight excluding hydrogens is 887 g/mol. The highest BCUT2D eigenvalue weighted by Crippen LogP contribution is 2.40. The third kappa shape index (κ3) is 11.5. The predicted molar refractivity (Wildman–Crippen MR) is 217 cm³/mol. The van der Waals surface area contributed by atoms with E-state index in [1.54, 1.807) is 60.7 Å². The molecule has 2 amide bonds. The van der Waals surface area contributed by atoms with Gasteiger partial charge in [-0.15, -0.1) is 0 Å². The molecule has 0 aliphatic carbocycles. The first-order valence-corrected chi connectivity index (χ1v) is 19.6. The molecule has 7 rings (SSSR count). The molecule has 0 radical (unpaired) electrons. The number of hydrogen-bond donors (Lipinski definition) is 2. The van der Waals surface area contributed by atoms with Gasteiger partial charge in [-0.05, 0) is 82.9 Å². The van der Waals surface area contributed by atoms with Gasteiger partial charge in [0.2, 0.25) is 0 Å². The Hall–Kier alpha value is -5.71. The second kappa shape index (κ2) is 18.6. The number of halogens is 12. The van der Waals surface area contributed by atoms with Crippen LogP contribution >= 0.6 is 23.2 Å². The molecule has 0 bridgehead atoms. The summed E-state index contributed by atoms with van der Waals surface area (Å²) in [6.07, 6.45) is -7.57. The van der Waals surface area contributed by atoms with Gasteiger partial charge < -0.3 is 16.0 Å². The minimum absolute atomic E-state index is 0.0199. The average Bonchev–Trinajstić information content (AvgIpc) is 3.60. The lowest BCUT2D eigenvalue weighted by Crippen LogP contribution is -2.53. The highest BCUT2D eigenvalue weighted by molar-refractivity contribution is 6.30. The van der Waals surface area contributed by atoms with Gasteiger partial charge in [-0.25, -0.2) is 22.4 Å². The molecule has 1 aliphatic rings. The lowest BCUT2D eigenvalue weighted by molar-refractivity contribution is -0.138. The Balaban J connectivity index is 0.000000219. The van der Waals surface area contributed by atoms with Gasteiger partial charge in [0, 0.05) is 38.2 Å². The lowest BCUT2D eigenvalue weighted by Gasteiger charge is -2.37. The van der Waals surface area contributed by atoms with Crippen LogP contribution in [0.3, 0.4) is 0 Å². The van der Waals surface area contributed by atoms with Gasteiger partial charge in [-0.1, -0.05) is 83.9 Å². The fourth-order valence-corrected chi connectivity index (χ4v) is 7.35. The molecule has 18 heteroatoms. The number of carbonyl (C=O) groups excluding carboxylic acids is 1. The maximum atomic E-state index is 14.6. The maximum Gasteiger partial charge on any atom is 0.416 e. The number of alkyl halides is 8. The zero-order valence-corrected chi connectivity index (χ0v) is 34.1. The van der Waals surface area contributed by atoms with Gasteiger partial charge in [0.25, 0.3) is 5.92 Å². The first-order chi connectivity index (χ1) is 29.6. The van der Waals surface area contributed by atoms with E-state index in [9.17, 15) is 48.7 Å². The predicted octanol–water partition coefficient (Wildman–Crippen LogP) is 11.8. The number of aromatic nitrogens is 2. The number of urea groups is 1. The highest BCUT2D eigenvalue weighted by Gasteiger charge is 2.45. The van der Waals surface area contributed by atoms with Crippen molar-refractivity contribution in [2.24, 2.45) is 5.73 Å². The normalized spacial score (nSPS) is 15.7. The van der Waals surface area contributed by atoms with E-state index in [1.807, 2.05) is 6.07 Å². The fraction of sp³-hybridized carbons (Fsp3) is 0.222. The van der Waals surface area contributed by atoms with E-state index < -0.39 is 71.1 Å².